The van der Waals surface area contributed by atoms with Gasteiger partial charge in [-0.2, -0.15) is 0 Å². The molecule has 0 bridgehead atoms. The minimum absolute atomic E-state index is 0.0299. The van der Waals surface area contributed by atoms with E-state index in [2.05, 4.69) is 5.32 Å². The molecule has 0 aromatic heterocycles. The fraction of sp³-hybridized carbons (Fsp3) is 0.333. The summed E-state index contributed by atoms with van der Waals surface area (Å²) >= 11 is 0. The van der Waals surface area contributed by atoms with Crippen molar-refractivity contribution in [2.24, 2.45) is 0 Å². The Bertz CT molecular complexity index is 828. The lowest BCUT2D eigenvalue weighted by Gasteiger charge is -2.18. The van der Waals surface area contributed by atoms with Crippen molar-refractivity contribution >= 4 is 17.5 Å². The average Bonchev–Trinajstić information content (AvgIpc) is 3.08. The van der Waals surface area contributed by atoms with Crippen LogP contribution in [0.4, 0.5) is 5.69 Å². The van der Waals surface area contributed by atoms with E-state index in [-0.39, 0.29) is 24.3 Å². The van der Waals surface area contributed by atoms with E-state index in [9.17, 15) is 9.59 Å². The third kappa shape index (κ3) is 4.36. The van der Waals surface area contributed by atoms with Gasteiger partial charge in [-0.25, -0.2) is 0 Å². The molecule has 28 heavy (non-hydrogen) atoms. The zero-order valence-electron chi connectivity index (χ0n) is 16.2. The Labute approximate surface area is 164 Å². The van der Waals surface area contributed by atoms with Crippen molar-refractivity contribution in [2.45, 2.75) is 19.4 Å². The third-order valence-corrected chi connectivity index (χ3v) is 4.53. The van der Waals surface area contributed by atoms with Crippen molar-refractivity contribution in [1.82, 2.24) is 5.32 Å². The average molecular weight is 384 g/mol. The molecule has 2 aromatic carbocycles. The zero-order chi connectivity index (χ0) is 20.1. The molecule has 148 valence electrons. The molecule has 1 fully saturated rings. The van der Waals surface area contributed by atoms with Crippen LogP contribution in [0.3, 0.4) is 0 Å². The highest BCUT2D eigenvalue weighted by Crippen LogP contribution is 2.25. The maximum absolute atomic E-state index is 12.6. The fourth-order valence-electron chi connectivity index (χ4n) is 3.15. The quantitative estimate of drug-likeness (QED) is 0.794. The van der Waals surface area contributed by atoms with Crippen molar-refractivity contribution < 1.29 is 23.8 Å². The van der Waals surface area contributed by atoms with Gasteiger partial charge in [0.2, 0.25) is 5.91 Å². The molecule has 2 aromatic rings. The first-order chi connectivity index (χ1) is 13.5. The van der Waals surface area contributed by atoms with Crippen LogP contribution in [0.1, 0.15) is 23.7 Å². The third-order valence-electron chi connectivity index (χ3n) is 4.53. The summed E-state index contributed by atoms with van der Waals surface area (Å²) in [6, 6.07) is 12.1. The Hall–Kier alpha value is -3.22. The van der Waals surface area contributed by atoms with Crippen molar-refractivity contribution in [3.63, 3.8) is 0 Å². The molecule has 1 saturated heterocycles. The molecule has 0 spiro atoms. The number of hydrogen-bond acceptors (Lipinski definition) is 5. The highest BCUT2D eigenvalue weighted by Gasteiger charge is 2.32. The second kappa shape index (κ2) is 8.65. The Kier molecular flexibility index (Phi) is 6.03. The minimum atomic E-state index is -0.274. The molecule has 0 radical (unpaired) electrons. The molecule has 7 nitrogen and oxygen atoms in total. The number of ether oxygens (including phenoxy) is 3. The van der Waals surface area contributed by atoms with Crippen molar-refractivity contribution in [1.29, 1.82) is 0 Å². The van der Waals surface area contributed by atoms with E-state index >= 15 is 0 Å². The summed E-state index contributed by atoms with van der Waals surface area (Å²) in [6.07, 6.45) is 0.250. The van der Waals surface area contributed by atoms with Gasteiger partial charge in [-0.05, 0) is 43.3 Å². The van der Waals surface area contributed by atoms with Gasteiger partial charge < -0.3 is 24.4 Å². The highest BCUT2D eigenvalue weighted by atomic mass is 16.5. The summed E-state index contributed by atoms with van der Waals surface area (Å²) in [7, 11) is 3.06. The molecule has 1 heterocycles. The Morgan fingerprint density at radius 2 is 1.71 bits per heavy atom. The van der Waals surface area contributed by atoms with Gasteiger partial charge in [-0.1, -0.05) is 0 Å². The number of methoxy groups -OCH3 is 2. The second-order valence-corrected chi connectivity index (χ2v) is 6.41. The molecule has 2 amide bonds. The molecule has 0 saturated carbocycles. The topological polar surface area (TPSA) is 77.1 Å². The normalized spacial score (nSPS) is 16.0. The van der Waals surface area contributed by atoms with Gasteiger partial charge in [-0.3, -0.25) is 9.59 Å². The van der Waals surface area contributed by atoms with Gasteiger partial charge in [0.25, 0.3) is 5.91 Å². The molecule has 1 unspecified atom stereocenters. The standard InChI is InChI=1S/C21H24N2O5/c1-4-28-17-7-5-16(6-8-17)23-13-15(11-20(23)24)22-21(25)14-9-18(26-2)12-19(10-14)27-3/h5-10,12,15H,4,11,13H2,1-3H3,(H,22,25). The van der Waals surface area contributed by atoms with Crippen LogP contribution in [-0.2, 0) is 4.79 Å². The molecular weight excluding hydrogens is 360 g/mol. The largest absolute Gasteiger partial charge is 0.497 e. The maximum atomic E-state index is 12.6. The SMILES string of the molecule is CCOc1ccc(N2CC(NC(=O)c3cc(OC)cc(OC)c3)CC2=O)cc1. The van der Waals surface area contributed by atoms with Gasteiger partial charge in [-0.15, -0.1) is 0 Å². The van der Waals surface area contributed by atoms with Crippen LogP contribution in [0, 0.1) is 0 Å². The monoisotopic (exact) mass is 384 g/mol. The summed E-state index contributed by atoms with van der Waals surface area (Å²) in [5.74, 6) is 1.52. The summed E-state index contributed by atoms with van der Waals surface area (Å²) < 4.78 is 15.8. The van der Waals surface area contributed by atoms with Crippen LogP contribution < -0.4 is 24.4 Å². The van der Waals surface area contributed by atoms with Crippen LogP contribution in [0.25, 0.3) is 0 Å². The van der Waals surface area contributed by atoms with Gasteiger partial charge in [0, 0.05) is 30.3 Å². The first kappa shape index (κ1) is 19.5. The number of amides is 2. The van der Waals surface area contributed by atoms with E-state index in [0.29, 0.717) is 30.2 Å². The Balaban J connectivity index is 1.67. The smallest absolute Gasteiger partial charge is 0.251 e. The van der Waals surface area contributed by atoms with Crippen molar-refractivity contribution in [3.8, 4) is 17.2 Å². The van der Waals surface area contributed by atoms with E-state index in [1.807, 2.05) is 31.2 Å². The van der Waals surface area contributed by atoms with Crippen molar-refractivity contribution in [2.75, 3.05) is 32.3 Å². The molecule has 7 heteroatoms. The van der Waals surface area contributed by atoms with Crippen molar-refractivity contribution in [3.05, 3.63) is 48.0 Å². The second-order valence-electron chi connectivity index (χ2n) is 6.41. The predicted molar refractivity (Wildman–Crippen MR) is 105 cm³/mol. The number of benzene rings is 2. The number of nitrogens with zero attached hydrogens (tertiary/aromatic N) is 1. The van der Waals surface area contributed by atoms with E-state index in [1.54, 1.807) is 23.1 Å². The number of carbonyl (C=O) groups excluding carboxylic acids is 2. The molecule has 1 aliphatic heterocycles. The summed E-state index contributed by atoms with van der Waals surface area (Å²) in [5.41, 5.74) is 1.21. The lowest BCUT2D eigenvalue weighted by molar-refractivity contribution is -0.117. The first-order valence-electron chi connectivity index (χ1n) is 9.11. The Morgan fingerprint density at radius 3 is 2.29 bits per heavy atom. The van der Waals surface area contributed by atoms with Gasteiger partial charge in [0.05, 0.1) is 26.9 Å². The van der Waals surface area contributed by atoms with E-state index < -0.39 is 0 Å². The number of rotatable bonds is 7. The van der Waals surface area contributed by atoms with Gasteiger partial charge in [0.15, 0.2) is 0 Å². The highest BCUT2D eigenvalue weighted by molar-refractivity contribution is 5.99. The van der Waals surface area contributed by atoms with E-state index in [1.165, 1.54) is 14.2 Å². The fourth-order valence-corrected chi connectivity index (χ4v) is 3.15. The minimum Gasteiger partial charge on any atom is -0.497 e. The van der Waals surface area contributed by atoms with Gasteiger partial charge in [0.1, 0.15) is 17.2 Å². The molecule has 1 N–H and O–H groups in total. The predicted octanol–water partition coefficient (Wildman–Crippen LogP) is 2.64. The van der Waals surface area contributed by atoms with Crippen LogP contribution in [0.2, 0.25) is 0 Å². The molecule has 1 aliphatic rings. The molecule has 1 atom stereocenters. The van der Waals surface area contributed by atoms with Gasteiger partial charge >= 0.3 is 0 Å². The summed E-state index contributed by atoms with van der Waals surface area (Å²) in [6.45, 7) is 2.92. The van der Waals surface area contributed by atoms with Crippen LogP contribution in [0.5, 0.6) is 17.2 Å². The first-order valence-corrected chi connectivity index (χ1v) is 9.11. The zero-order valence-corrected chi connectivity index (χ0v) is 16.2. The van der Waals surface area contributed by atoms with Crippen LogP contribution >= 0.6 is 0 Å². The number of nitrogens with one attached hydrogen (secondary N) is 1. The lowest BCUT2D eigenvalue weighted by Crippen LogP contribution is -2.37. The van der Waals surface area contributed by atoms with E-state index in [4.69, 9.17) is 14.2 Å². The maximum Gasteiger partial charge on any atom is 0.251 e. The van der Waals surface area contributed by atoms with Crippen LogP contribution in [-0.4, -0.2) is 45.2 Å². The molecule has 3 rings (SSSR count). The summed E-state index contributed by atoms with van der Waals surface area (Å²) in [5, 5.41) is 2.92. The van der Waals surface area contributed by atoms with Crippen LogP contribution in [0.15, 0.2) is 42.5 Å². The Morgan fingerprint density at radius 1 is 1.07 bits per heavy atom. The lowest BCUT2D eigenvalue weighted by atomic mass is 10.1. The summed E-state index contributed by atoms with van der Waals surface area (Å²) in [4.78, 5) is 26.7. The number of hydrogen-bond donors (Lipinski definition) is 1. The number of anilines is 1. The number of carbonyl (C=O) groups is 2. The van der Waals surface area contributed by atoms with E-state index in [0.717, 1.165) is 11.4 Å². The molecular formula is C21H24N2O5. The molecule has 0 aliphatic carbocycles.